The molecule has 110 valence electrons. The number of hydrogen-bond donors (Lipinski definition) is 1. The van der Waals surface area contributed by atoms with Crippen molar-refractivity contribution in [2.24, 2.45) is 5.92 Å². The Morgan fingerprint density at radius 1 is 1.26 bits per heavy atom. The molecular formula is C14H28N4O. The largest absolute Gasteiger partial charge is 0.381 e. The van der Waals surface area contributed by atoms with Crippen molar-refractivity contribution in [3.8, 4) is 0 Å². The van der Waals surface area contributed by atoms with E-state index in [9.17, 15) is 0 Å². The summed E-state index contributed by atoms with van der Waals surface area (Å²) in [4.78, 5) is 0. The minimum absolute atomic E-state index is 0.472. The van der Waals surface area contributed by atoms with E-state index in [4.69, 9.17) is 4.74 Å². The normalized spacial score (nSPS) is 11.7. The van der Waals surface area contributed by atoms with Gasteiger partial charge in [0, 0.05) is 38.5 Å². The summed E-state index contributed by atoms with van der Waals surface area (Å²) >= 11 is 0. The fourth-order valence-corrected chi connectivity index (χ4v) is 1.59. The number of ether oxygens (including phenoxy) is 1. The second-order valence-corrected chi connectivity index (χ2v) is 5.66. The van der Waals surface area contributed by atoms with Gasteiger partial charge in [-0.05, 0) is 18.8 Å². The lowest BCUT2D eigenvalue weighted by molar-refractivity contribution is 0.118. The van der Waals surface area contributed by atoms with Crippen molar-refractivity contribution in [2.45, 2.75) is 59.7 Å². The summed E-state index contributed by atoms with van der Waals surface area (Å²) in [6, 6.07) is 0.472. The molecule has 0 spiro atoms. The average Bonchev–Trinajstić information content (AvgIpc) is 2.78. The summed E-state index contributed by atoms with van der Waals surface area (Å²) in [5.74, 6) is 0.714. The van der Waals surface area contributed by atoms with Crippen molar-refractivity contribution >= 4 is 0 Å². The van der Waals surface area contributed by atoms with Gasteiger partial charge in [0.25, 0.3) is 0 Å². The van der Waals surface area contributed by atoms with Gasteiger partial charge in [-0.25, -0.2) is 0 Å². The van der Waals surface area contributed by atoms with Crippen LogP contribution >= 0.6 is 0 Å². The van der Waals surface area contributed by atoms with Gasteiger partial charge >= 0.3 is 0 Å². The molecule has 1 aromatic rings. The highest BCUT2D eigenvalue weighted by molar-refractivity contribution is 4.91. The van der Waals surface area contributed by atoms with Gasteiger partial charge in [-0.1, -0.05) is 32.9 Å². The first-order valence-corrected chi connectivity index (χ1v) is 7.28. The van der Waals surface area contributed by atoms with E-state index in [1.54, 1.807) is 0 Å². The van der Waals surface area contributed by atoms with Crippen LogP contribution in [0.15, 0.2) is 6.20 Å². The standard InChI is InChI=1S/C14H28N4O/c1-12(2)6-9-19-8-5-7-18-11-14(16-17-18)10-15-13(3)4/h11-13,15H,5-10H2,1-4H3. The fraction of sp³-hybridized carbons (Fsp3) is 0.857. The number of rotatable bonds is 10. The average molecular weight is 268 g/mol. The first kappa shape index (κ1) is 16.1. The molecule has 0 aliphatic carbocycles. The van der Waals surface area contributed by atoms with Gasteiger partial charge in [-0.3, -0.25) is 4.68 Å². The summed E-state index contributed by atoms with van der Waals surface area (Å²) in [7, 11) is 0. The molecule has 0 aliphatic heterocycles. The molecule has 1 heterocycles. The lowest BCUT2D eigenvalue weighted by Crippen LogP contribution is -2.21. The van der Waals surface area contributed by atoms with Crippen molar-refractivity contribution < 1.29 is 4.74 Å². The predicted molar refractivity (Wildman–Crippen MR) is 76.9 cm³/mol. The smallest absolute Gasteiger partial charge is 0.0964 e. The zero-order valence-corrected chi connectivity index (χ0v) is 12.7. The molecule has 19 heavy (non-hydrogen) atoms. The van der Waals surface area contributed by atoms with Crippen molar-refractivity contribution in [1.82, 2.24) is 20.3 Å². The number of nitrogens with one attached hydrogen (secondary N) is 1. The minimum Gasteiger partial charge on any atom is -0.381 e. The number of nitrogens with zero attached hydrogens (tertiary/aromatic N) is 3. The Bertz CT molecular complexity index is 336. The van der Waals surface area contributed by atoms with Crippen LogP contribution in [0.25, 0.3) is 0 Å². The predicted octanol–water partition coefficient (Wildman–Crippen LogP) is 2.23. The van der Waals surface area contributed by atoms with Crippen molar-refractivity contribution in [3.05, 3.63) is 11.9 Å². The van der Waals surface area contributed by atoms with Crippen molar-refractivity contribution in [3.63, 3.8) is 0 Å². The SMILES string of the molecule is CC(C)CCOCCCn1cc(CNC(C)C)nn1. The first-order valence-electron chi connectivity index (χ1n) is 7.28. The third-order valence-corrected chi connectivity index (χ3v) is 2.79. The molecule has 0 saturated carbocycles. The maximum absolute atomic E-state index is 5.58. The summed E-state index contributed by atoms with van der Waals surface area (Å²) in [6.45, 7) is 12.0. The van der Waals surface area contributed by atoms with E-state index in [1.807, 2.05) is 10.9 Å². The van der Waals surface area contributed by atoms with Gasteiger partial charge < -0.3 is 10.1 Å². The van der Waals surface area contributed by atoms with Crippen LogP contribution in [-0.4, -0.2) is 34.2 Å². The molecule has 0 aromatic carbocycles. The molecule has 5 heteroatoms. The lowest BCUT2D eigenvalue weighted by Gasteiger charge is -2.06. The second-order valence-electron chi connectivity index (χ2n) is 5.66. The van der Waals surface area contributed by atoms with Crippen molar-refractivity contribution in [1.29, 1.82) is 0 Å². The minimum atomic E-state index is 0.472. The van der Waals surface area contributed by atoms with E-state index in [2.05, 4.69) is 43.3 Å². The summed E-state index contributed by atoms with van der Waals surface area (Å²) in [6.07, 6.45) is 4.12. The van der Waals surface area contributed by atoms with E-state index >= 15 is 0 Å². The number of hydrogen-bond acceptors (Lipinski definition) is 4. The van der Waals surface area contributed by atoms with E-state index in [0.717, 1.165) is 44.8 Å². The molecule has 0 radical (unpaired) electrons. The molecule has 0 amide bonds. The van der Waals surface area contributed by atoms with E-state index in [0.29, 0.717) is 12.0 Å². The van der Waals surface area contributed by atoms with E-state index in [1.165, 1.54) is 0 Å². The Morgan fingerprint density at radius 2 is 2.05 bits per heavy atom. The molecule has 0 aliphatic rings. The van der Waals surface area contributed by atoms with Gasteiger partial charge in [0.15, 0.2) is 0 Å². The van der Waals surface area contributed by atoms with Gasteiger partial charge in [0.2, 0.25) is 0 Å². The molecule has 5 nitrogen and oxygen atoms in total. The van der Waals surface area contributed by atoms with Gasteiger partial charge in [-0.15, -0.1) is 5.10 Å². The first-order chi connectivity index (χ1) is 9.08. The molecule has 1 rings (SSSR count). The quantitative estimate of drug-likeness (QED) is 0.661. The Kier molecular flexibility index (Phi) is 7.67. The van der Waals surface area contributed by atoms with Crippen LogP contribution in [-0.2, 0) is 17.8 Å². The van der Waals surface area contributed by atoms with E-state index in [-0.39, 0.29) is 0 Å². The Hall–Kier alpha value is -0.940. The third-order valence-electron chi connectivity index (χ3n) is 2.79. The monoisotopic (exact) mass is 268 g/mol. The zero-order chi connectivity index (χ0) is 14.1. The Balaban J connectivity index is 2.09. The van der Waals surface area contributed by atoms with E-state index < -0.39 is 0 Å². The molecule has 0 fully saturated rings. The second kappa shape index (κ2) is 9.04. The topological polar surface area (TPSA) is 52.0 Å². The van der Waals surface area contributed by atoms with Crippen LogP contribution in [0.5, 0.6) is 0 Å². The lowest BCUT2D eigenvalue weighted by atomic mass is 10.1. The summed E-state index contributed by atoms with van der Waals surface area (Å²) < 4.78 is 7.47. The molecule has 1 N–H and O–H groups in total. The maximum atomic E-state index is 5.58. The van der Waals surface area contributed by atoms with Crippen LogP contribution in [0.1, 0.15) is 46.2 Å². The molecular weight excluding hydrogens is 240 g/mol. The maximum Gasteiger partial charge on any atom is 0.0964 e. The van der Waals surface area contributed by atoms with Gasteiger partial charge in [-0.2, -0.15) is 0 Å². The summed E-state index contributed by atoms with van der Waals surface area (Å²) in [5, 5.41) is 11.6. The Morgan fingerprint density at radius 3 is 2.74 bits per heavy atom. The zero-order valence-electron chi connectivity index (χ0n) is 12.7. The van der Waals surface area contributed by atoms with Crippen LogP contribution < -0.4 is 5.32 Å². The van der Waals surface area contributed by atoms with Crippen LogP contribution in [0.2, 0.25) is 0 Å². The highest BCUT2D eigenvalue weighted by atomic mass is 16.5. The van der Waals surface area contributed by atoms with Crippen LogP contribution in [0, 0.1) is 5.92 Å². The van der Waals surface area contributed by atoms with Gasteiger partial charge in [0.05, 0.1) is 5.69 Å². The number of aromatic nitrogens is 3. The van der Waals surface area contributed by atoms with Gasteiger partial charge in [0.1, 0.15) is 0 Å². The highest BCUT2D eigenvalue weighted by Gasteiger charge is 2.01. The molecule has 0 bridgehead atoms. The molecule has 0 saturated heterocycles. The van der Waals surface area contributed by atoms with Crippen LogP contribution in [0.3, 0.4) is 0 Å². The number of aryl methyl sites for hydroxylation is 1. The highest BCUT2D eigenvalue weighted by Crippen LogP contribution is 2.00. The Labute approximate surface area is 116 Å². The molecule has 1 aromatic heterocycles. The summed E-state index contributed by atoms with van der Waals surface area (Å²) in [5.41, 5.74) is 0.995. The fourth-order valence-electron chi connectivity index (χ4n) is 1.59. The molecule has 0 unspecified atom stereocenters. The third kappa shape index (κ3) is 7.95. The van der Waals surface area contributed by atoms with Crippen molar-refractivity contribution in [2.75, 3.05) is 13.2 Å². The van der Waals surface area contributed by atoms with Crippen LogP contribution in [0.4, 0.5) is 0 Å². The molecule has 0 atom stereocenters.